The van der Waals surface area contributed by atoms with Crippen molar-refractivity contribution in [1.29, 1.82) is 0 Å². The highest BCUT2D eigenvalue weighted by Crippen LogP contribution is 2.34. The van der Waals surface area contributed by atoms with Crippen molar-refractivity contribution in [2.45, 2.75) is 6.92 Å². The van der Waals surface area contributed by atoms with Crippen molar-refractivity contribution in [2.75, 3.05) is 17.2 Å². The van der Waals surface area contributed by atoms with E-state index in [-0.39, 0.29) is 5.78 Å². The summed E-state index contributed by atoms with van der Waals surface area (Å²) in [5, 5.41) is 7.75. The summed E-state index contributed by atoms with van der Waals surface area (Å²) >= 11 is 7.30. The van der Waals surface area contributed by atoms with Gasteiger partial charge >= 0.3 is 0 Å². The Bertz CT molecular complexity index is 1490. The van der Waals surface area contributed by atoms with Gasteiger partial charge in [0, 0.05) is 23.4 Å². The molecule has 2 heterocycles. The number of nitrogens with one attached hydrogen (secondary N) is 2. The number of rotatable bonds is 8. The molecule has 0 saturated heterocycles. The van der Waals surface area contributed by atoms with Gasteiger partial charge in [0.25, 0.3) is 0 Å². The number of ether oxygens (including phenoxy) is 1. The highest BCUT2D eigenvalue weighted by molar-refractivity contribution is 7.18. The minimum absolute atomic E-state index is 0.211. The van der Waals surface area contributed by atoms with E-state index >= 15 is 0 Å². The van der Waals surface area contributed by atoms with Crippen molar-refractivity contribution < 1.29 is 9.53 Å². The molecular weight excluding hydrogens is 482 g/mol. The van der Waals surface area contributed by atoms with E-state index in [4.69, 9.17) is 16.3 Å². The minimum atomic E-state index is -0.211. The molecule has 35 heavy (non-hydrogen) atoms. The molecule has 0 saturated carbocycles. The number of benzene rings is 3. The molecule has 0 bridgehead atoms. The molecule has 0 spiro atoms. The Morgan fingerprint density at radius 2 is 1.66 bits per heavy atom. The first kappa shape index (κ1) is 22.9. The van der Waals surface area contributed by atoms with Gasteiger partial charge in [0.05, 0.1) is 17.6 Å². The summed E-state index contributed by atoms with van der Waals surface area (Å²) in [5.74, 6) is 1.38. The van der Waals surface area contributed by atoms with Crippen LogP contribution in [0.2, 0.25) is 5.02 Å². The molecule has 0 radical (unpaired) electrons. The summed E-state index contributed by atoms with van der Waals surface area (Å²) < 4.78 is 7.32. The third kappa shape index (κ3) is 4.84. The number of fused-ring (bicyclic) bond motifs is 1. The molecule has 9 heteroatoms. The first-order valence-electron chi connectivity index (χ1n) is 11.0. The number of ketones is 1. The summed E-state index contributed by atoms with van der Waals surface area (Å²) in [5.41, 5.74) is 3.26. The Kier molecular flexibility index (Phi) is 6.39. The van der Waals surface area contributed by atoms with Crippen molar-refractivity contribution >= 4 is 62.1 Å². The van der Waals surface area contributed by atoms with Gasteiger partial charge in [0.2, 0.25) is 5.78 Å². The zero-order valence-corrected chi connectivity index (χ0v) is 20.7. The third-order valence-corrected chi connectivity index (χ3v) is 6.57. The Hall–Kier alpha value is -3.88. The Balaban J connectivity index is 1.51. The van der Waals surface area contributed by atoms with Crippen molar-refractivity contribution in [2.24, 2.45) is 7.05 Å². The highest BCUT2D eigenvalue weighted by Gasteiger charge is 2.24. The fraction of sp³-hybridized carbons (Fsp3) is 0.115. The Labute approximate surface area is 211 Å². The summed E-state index contributed by atoms with van der Waals surface area (Å²) in [6, 6.07) is 22.5. The molecule has 176 valence electrons. The van der Waals surface area contributed by atoms with Gasteiger partial charge in [0.15, 0.2) is 16.8 Å². The minimum Gasteiger partial charge on any atom is -0.494 e. The topological polar surface area (TPSA) is 81.1 Å². The quantitative estimate of drug-likeness (QED) is 0.227. The number of hydrogen-bond acceptors (Lipinski definition) is 7. The normalized spacial score (nSPS) is 10.9. The van der Waals surface area contributed by atoms with Crippen LogP contribution in [-0.4, -0.2) is 26.9 Å². The largest absolute Gasteiger partial charge is 0.494 e. The summed E-state index contributed by atoms with van der Waals surface area (Å²) in [4.78, 5) is 23.4. The van der Waals surface area contributed by atoms with E-state index in [2.05, 4.69) is 20.6 Å². The zero-order chi connectivity index (χ0) is 24.4. The Morgan fingerprint density at radius 3 is 2.37 bits per heavy atom. The molecule has 7 nitrogen and oxygen atoms in total. The van der Waals surface area contributed by atoms with Crippen molar-refractivity contribution in [3.63, 3.8) is 0 Å². The van der Waals surface area contributed by atoms with Crippen LogP contribution in [0.5, 0.6) is 5.75 Å². The van der Waals surface area contributed by atoms with Gasteiger partial charge in [-0.3, -0.25) is 4.79 Å². The number of halogens is 1. The Morgan fingerprint density at radius 1 is 0.971 bits per heavy atom. The van der Waals surface area contributed by atoms with Crippen LogP contribution in [0, 0.1) is 0 Å². The van der Waals surface area contributed by atoms with Gasteiger partial charge in [-0.15, -0.1) is 0 Å². The molecule has 5 aromatic rings. The second-order valence-electron chi connectivity index (χ2n) is 7.72. The zero-order valence-electron chi connectivity index (χ0n) is 19.1. The maximum absolute atomic E-state index is 13.7. The fourth-order valence-corrected chi connectivity index (χ4v) is 4.66. The SMILES string of the molecule is CCOc1ccc(Nc2nc(Nc3ccc(Cl)cc3)c(C(=O)c3nc4ccccc4n3C)s2)cc1. The highest BCUT2D eigenvalue weighted by atomic mass is 35.5. The van der Waals surface area contributed by atoms with E-state index in [1.165, 1.54) is 11.3 Å². The molecule has 0 aliphatic heterocycles. The van der Waals surface area contributed by atoms with Gasteiger partial charge in [-0.2, -0.15) is 0 Å². The maximum atomic E-state index is 13.7. The number of aryl methyl sites for hydroxylation is 1. The molecule has 5 rings (SSSR count). The monoisotopic (exact) mass is 503 g/mol. The molecule has 0 aliphatic rings. The number of nitrogens with zero attached hydrogens (tertiary/aromatic N) is 3. The van der Waals surface area contributed by atoms with Gasteiger partial charge in [-0.05, 0) is 67.6 Å². The molecule has 0 amide bonds. The molecule has 0 unspecified atom stereocenters. The van der Waals surface area contributed by atoms with Gasteiger partial charge in [-0.25, -0.2) is 9.97 Å². The fourth-order valence-electron chi connectivity index (χ4n) is 3.66. The molecule has 2 aromatic heterocycles. The number of thiazole rings is 1. The number of aromatic nitrogens is 3. The van der Waals surface area contributed by atoms with E-state index < -0.39 is 0 Å². The molecular formula is C26H22ClN5O2S. The average molecular weight is 504 g/mol. The van der Waals surface area contributed by atoms with E-state index in [1.807, 2.05) is 79.2 Å². The molecule has 0 atom stereocenters. The van der Waals surface area contributed by atoms with Crippen LogP contribution in [0.3, 0.4) is 0 Å². The van der Waals surface area contributed by atoms with Crippen LogP contribution in [0.1, 0.15) is 22.4 Å². The second-order valence-corrected chi connectivity index (χ2v) is 9.16. The number of anilines is 4. The lowest BCUT2D eigenvalue weighted by molar-refractivity contribution is 0.103. The number of imidazole rings is 1. The van der Waals surface area contributed by atoms with Crippen LogP contribution in [-0.2, 0) is 7.05 Å². The van der Waals surface area contributed by atoms with E-state index in [1.54, 1.807) is 12.1 Å². The molecule has 0 fully saturated rings. The number of para-hydroxylation sites is 2. The van der Waals surface area contributed by atoms with Crippen LogP contribution in [0.4, 0.5) is 22.3 Å². The van der Waals surface area contributed by atoms with Gasteiger partial charge in [-0.1, -0.05) is 35.1 Å². The first-order valence-corrected chi connectivity index (χ1v) is 12.2. The van der Waals surface area contributed by atoms with E-state index in [0.29, 0.717) is 33.3 Å². The van der Waals surface area contributed by atoms with Crippen molar-refractivity contribution in [1.82, 2.24) is 14.5 Å². The van der Waals surface area contributed by atoms with E-state index in [9.17, 15) is 4.79 Å². The molecule has 3 aromatic carbocycles. The van der Waals surface area contributed by atoms with Crippen molar-refractivity contribution in [3.05, 3.63) is 88.5 Å². The van der Waals surface area contributed by atoms with Gasteiger partial charge in [0.1, 0.15) is 10.6 Å². The first-order chi connectivity index (χ1) is 17.0. The third-order valence-electron chi connectivity index (χ3n) is 5.35. The predicted octanol–water partition coefficient (Wildman–Crippen LogP) is 6.80. The lowest BCUT2D eigenvalue weighted by Crippen LogP contribution is -2.09. The predicted molar refractivity (Wildman–Crippen MR) is 142 cm³/mol. The average Bonchev–Trinajstić information content (AvgIpc) is 3.42. The van der Waals surface area contributed by atoms with Crippen LogP contribution < -0.4 is 15.4 Å². The number of hydrogen-bond donors (Lipinski definition) is 2. The smallest absolute Gasteiger partial charge is 0.242 e. The maximum Gasteiger partial charge on any atom is 0.242 e. The summed E-state index contributed by atoms with van der Waals surface area (Å²) in [6.45, 7) is 2.55. The van der Waals surface area contributed by atoms with Crippen LogP contribution in [0.15, 0.2) is 72.8 Å². The van der Waals surface area contributed by atoms with Crippen LogP contribution in [0.25, 0.3) is 11.0 Å². The van der Waals surface area contributed by atoms with E-state index in [0.717, 1.165) is 28.2 Å². The molecule has 0 aliphatic carbocycles. The van der Waals surface area contributed by atoms with Crippen LogP contribution >= 0.6 is 22.9 Å². The van der Waals surface area contributed by atoms with Gasteiger partial charge < -0.3 is 19.9 Å². The lowest BCUT2D eigenvalue weighted by Gasteiger charge is -2.06. The molecule has 2 N–H and O–H groups in total. The lowest BCUT2D eigenvalue weighted by atomic mass is 10.3. The van der Waals surface area contributed by atoms with Crippen molar-refractivity contribution in [3.8, 4) is 5.75 Å². The summed E-state index contributed by atoms with van der Waals surface area (Å²) in [7, 11) is 1.84. The number of carbonyl (C=O) groups is 1. The second kappa shape index (κ2) is 9.77. The standard InChI is InChI=1S/C26H22ClN5O2S/c1-3-34-19-14-12-18(13-15-19)29-26-31-24(28-17-10-8-16(27)9-11-17)23(35-26)22(33)25-30-20-6-4-5-7-21(20)32(25)2/h4-15,28H,3H2,1-2H3,(H,29,31). The number of carbonyl (C=O) groups excluding carboxylic acids is 1. The summed E-state index contributed by atoms with van der Waals surface area (Å²) in [6.07, 6.45) is 0.